The molecular formula is C11H12FNO3S. The van der Waals surface area contributed by atoms with Gasteiger partial charge < -0.3 is 14.4 Å². The van der Waals surface area contributed by atoms with Gasteiger partial charge in [0.1, 0.15) is 10.7 Å². The molecule has 2 aliphatic rings. The summed E-state index contributed by atoms with van der Waals surface area (Å²) in [5.74, 6) is -1.36. The first kappa shape index (κ1) is 11.1. The van der Waals surface area contributed by atoms with Crippen molar-refractivity contribution in [2.75, 3.05) is 26.3 Å². The Morgan fingerprint density at radius 3 is 2.88 bits per heavy atom. The summed E-state index contributed by atoms with van der Waals surface area (Å²) in [5, 5.41) is 1.58. The van der Waals surface area contributed by atoms with Crippen molar-refractivity contribution in [2.45, 2.75) is 12.2 Å². The Morgan fingerprint density at radius 2 is 2.24 bits per heavy atom. The molecule has 0 radical (unpaired) electrons. The summed E-state index contributed by atoms with van der Waals surface area (Å²) in [7, 11) is 0. The molecule has 6 heteroatoms. The Morgan fingerprint density at radius 1 is 1.47 bits per heavy atom. The molecule has 1 aromatic rings. The molecule has 1 aromatic heterocycles. The second-order valence-corrected chi connectivity index (χ2v) is 5.10. The zero-order chi connectivity index (χ0) is 11.9. The van der Waals surface area contributed by atoms with E-state index in [1.165, 1.54) is 6.07 Å². The van der Waals surface area contributed by atoms with Gasteiger partial charge >= 0.3 is 0 Å². The van der Waals surface area contributed by atoms with E-state index in [0.717, 1.165) is 11.3 Å². The third-order valence-electron chi connectivity index (χ3n) is 3.11. The third kappa shape index (κ3) is 1.86. The smallest absolute Gasteiger partial charge is 0.267 e. The van der Waals surface area contributed by atoms with Crippen LogP contribution in [-0.4, -0.2) is 42.9 Å². The Balaban J connectivity index is 1.75. The minimum absolute atomic E-state index is 0.167. The zero-order valence-corrected chi connectivity index (χ0v) is 9.96. The number of thiophene rings is 1. The number of halogens is 1. The summed E-state index contributed by atoms with van der Waals surface area (Å²) in [6.07, 6.45) is 0.658. The largest absolute Gasteiger partial charge is 0.346 e. The normalized spacial score (nSPS) is 22.5. The number of amides is 1. The van der Waals surface area contributed by atoms with Gasteiger partial charge in [-0.05, 0) is 11.4 Å². The van der Waals surface area contributed by atoms with Gasteiger partial charge in [-0.1, -0.05) is 0 Å². The predicted molar refractivity (Wildman–Crippen MR) is 59.4 cm³/mol. The van der Waals surface area contributed by atoms with Crippen LogP contribution in [0, 0.1) is 5.82 Å². The van der Waals surface area contributed by atoms with Crippen molar-refractivity contribution in [2.24, 2.45) is 0 Å². The first-order chi connectivity index (χ1) is 8.20. The van der Waals surface area contributed by atoms with Gasteiger partial charge in [0.05, 0.1) is 19.8 Å². The third-order valence-corrected chi connectivity index (χ3v) is 3.98. The zero-order valence-electron chi connectivity index (χ0n) is 9.15. The van der Waals surface area contributed by atoms with Crippen molar-refractivity contribution in [3.05, 3.63) is 22.1 Å². The first-order valence-corrected chi connectivity index (χ1v) is 6.38. The monoisotopic (exact) mass is 257 g/mol. The van der Waals surface area contributed by atoms with Gasteiger partial charge in [0.2, 0.25) is 0 Å². The van der Waals surface area contributed by atoms with Gasteiger partial charge in [-0.3, -0.25) is 4.79 Å². The number of nitrogens with zero attached hydrogens (tertiary/aromatic N) is 1. The maximum atomic E-state index is 13.3. The second kappa shape index (κ2) is 4.04. The first-order valence-electron chi connectivity index (χ1n) is 5.50. The van der Waals surface area contributed by atoms with E-state index in [4.69, 9.17) is 9.47 Å². The molecule has 2 saturated heterocycles. The minimum atomic E-state index is -0.636. The van der Waals surface area contributed by atoms with Crippen LogP contribution >= 0.6 is 11.3 Å². The molecule has 0 bridgehead atoms. The molecule has 0 saturated carbocycles. The van der Waals surface area contributed by atoms with Crippen molar-refractivity contribution >= 4 is 17.2 Å². The molecule has 0 aromatic carbocycles. The topological polar surface area (TPSA) is 38.8 Å². The fraction of sp³-hybridized carbons (Fsp3) is 0.545. The van der Waals surface area contributed by atoms with Gasteiger partial charge in [-0.2, -0.15) is 0 Å². The van der Waals surface area contributed by atoms with E-state index in [-0.39, 0.29) is 10.8 Å². The predicted octanol–water partition coefficient (Wildman–Crippen LogP) is 1.48. The van der Waals surface area contributed by atoms with Crippen molar-refractivity contribution < 1.29 is 18.7 Å². The molecule has 2 aliphatic heterocycles. The molecule has 0 N–H and O–H groups in total. The van der Waals surface area contributed by atoms with E-state index >= 15 is 0 Å². The summed E-state index contributed by atoms with van der Waals surface area (Å²) in [6, 6.07) is 1.31. The molecule has 4 nitrogen and oxygen atoms in total. The van der Waals surface area contributed by atoms with Crippen molar-refractivity contribution in [1.29, 1.82) is 0 Å². The van der Waals surface area contributed by atoms with Crippen molar-refractivity contribution in [1.82, 2.24) is 4.90 Å². The Bertz CT molecular complexity index is 442. The lowest BCUT2D eigenvalue weighted by atomic mass is 10.2. The highest BCUT2D eigenvalue weighted by Gasteiger charge is 2.45. The molecular weight excluding hydrogens is 245 g/mol. The van der Waals surface area contributed by atoms with E-state index in [2.05, 4.69) is 0 Å². The van der Waals surface area contributed by atoms with Crippen LogP contribution in [0.3, 0.4) is 0 Å². The van der Waals surface area contributed by atoms with Crippen LogP contribution in [0.5, 0.6) is 0 Å². The van der Waals surface area contributed by atoms with Gasteiger partial charge in [-0.25, -0.2) is 4.39 Å². The van der Waals surface area contributed by atoms with Crippen LogP contribution < -0.4 is 0 Å². The van der Waals surface area contributed by atoms with Crippen LogP contribution in [0.15, 0.2) is 11.4 Å². The van der Waals surface area contributed by atoms with E-state index < -0.39 is 11.6 Å². The van der Waals surface area contributed by atoms with E-state index in [0.29, 0.717) is 32.7 Å². The highest BCUT2D eigenvalue weighted by atomic mass is 32.1. The number of hydrogen-bond donors (Lipinski definition) is 0. The van der Waals surface area contributed by atoms with Crippen LogP contribution in [-0.2, 0) is 9.47 Å². The quantitative estimate of drug-likeness (QED) is 0.765. The average molecular weight is 257 g/mol. The fourth-order valence-electron chi connectivity index (χ4n) is 2.25. The fourth-order valence-corrected chi connectivity index (χ4v) is 2.98. The Kier molecular flexibility index (Phi) is 2.65. The average Bonchev–Trinajstić information content (AvgIpc) is 3.02. The number of likely N-dealkylation sites (tertiary alicyclic amines) is 1. The summed E-state index contributed by atoms with van der Waals surface area (Å²) in [6.45, 7) is 2.07. The summed E-state index contributed by atoms with van der Waals surface area (Å²) >= 11 is 1.13. The van der Waals surface area contributed by atoms with Gasteiger partial charge in [0.25, 0.3) is 5.91 Å². The van der Waals surface area contributed by atoms with E-state index in [1.54, 1.807) is 10.3 Å². The van der Waals surface area contributed by atoms with Crippen LogP contribution in [0.25, 0.3) is 0 Å². The van der Waals surface area contributed by atoms with Crippen molar-refractivity contribution in [3.63, 3.8) is 0 Å². The molecule has 0 atom stereocenters. The highest BCUT2D eigenvalue weighted by Crippen LogP contribution is 2.32. The van der Waals surface area contributed by atoms with E-state index in [9.17, 15) is 9.18 Å². The minimum Gasteiger partial charge on any atom is -0.346 e. The number of ether oxygens (including phenoxy) is 2. The molecule has 17 heavy (non-hydrogen) atoms. The Hall–Kier alpha value is -0.980. The molecule has 0 aliphatic carbocycles. The van der Waals surface area contributed by atoms with Gasteiger partial charge in [0.15, 0.2) is 5.79 Å². The highest BCUT2D eigenvalue weighted by molar-refractivity contribution is 7.12. The molecule has 0 unspecified atom stereocenters. The number of carbonyl (C=O) groups is 1. The second-order valence-electron chi connectivity index (χ2n) is 4.18. The molecule has 3 heterocycles. The maximum absolute atomic E-state index is 13.3. The molecule has 92 valence electrons. The number of carbonyl (C=O) groups excluding carboxylic acids is 1. The van der Waals surface area contributed by atoms with Crippen LogP contribution in [0.2, 0.25) is 0 Å². The molecule has 1 spiro atoms. The van der Waals surface area contributed by atoms with E-state index in [1.807, 2.05) is 0 Å². The number of rotatable bonds is 1. The van der Waals surface area contributed by atoms with Gasteiger partial charge in [-0.15, -0.1) is 11.3 Å². The summed E-state index contributed by atoms with van der Waals surface area (Å²) in [4.78, 5) is 13.8. The summed E-state index contributed by atoms with van der Waals surface area (Å²) < 4.78 is 24.4. The molecule has 3 rings (SSSR count). The summed E-state index contributed by atoms with van der Waals surface area (Å²) in [5.41, 5.74) is 0. The maximum Gasteiger partial charge on any atom is 0.267 e. The van der Waals surface area contributed by atoms with Gasteiger partial charge in [0, 0.05) is 13.0 Å². The van der Waals surface area contributed by atoms with Crippen molar-refractivity contribution in [3.8, 4) is 0 Å². The lowest BCUT2D eigenvalue weighted by Crippen LogP contribution is -2.36. The number of hydrogen-bond acceptors (Lipinski definition) is 4. The lowest BCUT2D eigenvalue weighted by molar-refractivity contribution is -0.143. The lowest BCUT2D eigenvalue weighted by Gasteiger charge is -2.22. The molecule has 2 fully saturated rings. The Labute approximate surface area is 102 Å². The standard InChI is InChI=1S/C11H12FNO3S/c12-8-1-6-17-9(8)10(14)13-3-2-11(7-13)15-4-5-16-11/h1,6H,2-5,7H2. The van der Waals surface area contributed by atoms with Crippen LogP contribution in [0.4, 0.5) is 4.39 Å². The molecule has 1 amide bonds. The van der Waals surface area contributed by atoms with Crippen LogP contribution in [0.1, 0.15) is 16.1 Å². The SMILES string of the molecule is O=C(c1sccc1F)N1CCC2(C1)OCCO2.